The Kier molecular flexibility index (Phi) is 4.47. The van der Waals surface area contributed by atoms with Crippen molar-refractivity contribution < 1.29 is 4.43 Å². The van der Waals surface area contributed by atoms with Crippen molar-refractivity contribution in [2.24, 2.45) is 17.8 Å². The fraction of sp³-hybridized carbons (Fsp3) is 0.357. The maximum Gasteiger partial charge on any atom is 0.288 e. The van der Waals surface area contributed by atoms with E-state index in [1.165, 1.54) is 54.1 Å². The molecule has 4 aliphatic carbocycles. The molecule has 30 heavy (non-hydrogen) atoms. The van der Waals surface area contributed by atoms with E-state index in [-0.39, 0.29) is 5.60 Å². The van der Waals surface area contributed by atoms with Crippen LogP contribution in [0.25, 0.3) is 0 Å². The quantitative estimate of drug-likeness (QED) is 0.440. The summed E-state index contributed by atoms with van der Waals surface area (Å²) in [4.78, 5) is 0. The maximum atomic E-state index is 7.74. The van der Waals surface area contributed by atoms with Crippen molar-refractivity contribution in [1.82, 2.24) is 0 Å². The first-order chi connectivity index (χ1) is 14.8. The van der Waals surface area contributed by atoms with Gasteiger partial charge in [0.15, 0.2) is 0 Å². The second kappa shape index (κ2) is 7.21. The van der Waals surface area contributed by atoms with Crippen LogP contribution in [0.15, 0.2) is 91.0 Å². The lowest BCUT2D eigenvalue weighted by atomic mass is 9.54. The van der Waals surface area contributed by atoms with Crippen LogP contribution in [0.2, 0.25) is 0 Å². The Labute approximate surface area is 181 Å². The summed E-state index contributed by atoms with van der Waals surface area (Å²) in [6.07, 6.45) is 8.12. The summed E-state index contributed by atoms with van der Waals surface area (Å²) in [5.41, 5.74) is 0.0580. The minimum Gasteiger partial charge on any atom is -0.398 e. The molecule has 3 aromatic carbocycles. The summed E-state index contributed by atoms with van der Waals surface area (Å²) < 4.78 is 7.74. The van der Waals surface area contributed by atoms with Crippen LogP contribution in [0.5, 0.6) is 0 Å². The Hall–Kier alpha value is -2.16. The molecule has 2 heteroatoms. The van der Waals surface area contributed by atoms with Gasteiger partial charge in [0.05, 0.1) is 5.60 Å². The standard InChI is InChI=1S/C28H30OSi/c1-4-10-25(11-5-1)30(26-12-6-2-7-13-26,27-14-8-3-9-15-27)29-28-19-22-16-23(20-28)18-24(17-22)21-28/h1-15,22-24H,16-21H2. The first kappa shape index (κ1) is 18.6. The van der Waals surface area contributed by atoms with E-state index < -0.39 is 8.32 Å². The monoisotopic (exact) mass is 410 g/mol. The van der Waals surface area contributed by atoms with Gasteiger partial charge >= 0.3 is 0 Å². The SMILES string of the molecule is c1ccc([Si](OC23CC4CC(CC(C4)C2)C3)(c2ccccc2)c2ccccc2)cc1. The first-order valence-electron chi connectivity index (χ1n) is 11.6. The van der Waals surface area contributed by atoms with Crippen LogP contribution in [0, 0.1) is 17.8 Å². The Bertz CT molecular complexity index is 867. The molecule has 3 aromatic rings. The van der Waals surface area contributed by atoms with E-state index in [4.69, 9.17) is 4.43 Å². The molecule has 4 saturated carbocycles. The molecule has 4 bridgehead atoms. The Morgan fingerprint density at radius 1 is 0.533 bits per heavy atom. The third-order valence-corrected chi connectivity index (χ3v) is 12.1. The second-order valence-corrected chi connectivity index (χ2v) is 13.3. The van der Waals surface area contributed by atoms with Gasteiger partial charge in [0, 0.05) is 0 Å². The van der Waals surface area contributed by atoms with Crippen molar-refractivity contribution in [3.8, 4) is 0 Å². The second-order valence-electron chi connectivity index (χ2n) is 9.98. The Balaban J connectivity index is 1.56. The average molecular weight is 411 g/mol. The van der Waals surface area contributed by atoms with Gasteiger partial charge in [-0.05, 0) is 71.8 Å². The van der Waals surface area contributed by atoms with Crippen molar-refractivity contribution >= 4 is 23.9 Å². The molecule has 0 unspecified atom stereocenters. The molecule has 0 amide bonds. The summed E-state index contributed by atoms with van der Waals surface area (Å²) in [6.45, 7) is 0. The molecule has 4 aliphatic rings. The van der Waals surface area contributed by atoms with Crippen LogP contribution < -0.4 is 15.6 Å². The minimum absolute atomic E-state index is 0.0580. The zero-order valence-electron chi connectivity index (χ0n) is 17.5. The molecule has 4 fully saturated rings. The van der Waals surface area contributed by atoms with Crippen LogP contribution in [-0.4, -0.2) is 13.9 Å². The number of hydrogen-bond donors (Lipinski definition) is 0. The van der Waals surface area contributed by atoms with E-state index in [9.17, 15) is 0 Å². The fourth-order valence-electron chi connectivity index (χ4n) is 7.18. The normalized spacial score (nSPS) is 29.8. The Morgan fingerprint density at radius 2 is 0.867 bits per heavy atom. The molecule has 7 rings (SSSR count). The molecular weight excluding hydrogens is 380 g/mol. The summed E-state index contributed by atoms with van der Waals surface area (Å²) in [5, 5.41) is 4.12. The predicted molar refractivity (Wildman–Crippen MR) is 126 cm³/mol. The highest BCUT2D eigenvalue weighted by Gasteiger charge is 2.56. The molecule has 0 spiro atoms. The third kappa shape index (κ3) is 3.00. The third-order valence-electron chi connectivity index (χ3n) is 7.89. The molecule has 0 radical (unpaired) electrons. The lowest BCUT2D eigenvalue weighted by Crippen LogP contribution is -2.73. The van der Waals surface area contributed by atoms with Gasteiger partial charge < -0.3 is 4.43 Å². The highest BCUT2D eigenvalue weighted by molar-refractivity contribution is 7.07. The molecule has 0 saturated heterocycles. The molecule has 0 aliphatic heterocycles. The largest absolute Gasteiger partial charge is 0.398 e. The van der Waals surface area contributed by atoms with Crippen molar-refractivity contribution in [2.45, 2.75) is 44.1 Å². The Morgan fingerprint density at radius 3 is 1.20 bits per heavy atom. The van der Waals surface area contributed by atoms with Crippen molar-refractivity contribution in [3.05, 3.63) is 91.0 Å². The number of rotatable bonds is 5. The minimum atomic E-state index is -2.61. The van der Waals surface area contributed by atoms with Crippen molar-refractivity contribution in [1.29, 1.82) is 0 Å². The smallest absolute Gasteiger partial charge is 0.288 e. The lowest BCUT2D eigenvalue weighted by Gasteiger charge is -2.58. The molecule has 0 heterocycles. The molecule has 0 aromatic heterocycles. The van der Waals surface area contributed by atoms with Crippen molar-refractivity contribution in [2.75, 3.05) is 0 Å². The maximum absolute atomic E-state index is 7.74. The van der Waals surface area contributed by atoms with Gasteiger partial charge in [-0.2, -0.15) is 0 Å². The number of benzene rings is 3. The van der Waals surface area contributed by atoms with E-state index in [1.54, 1.807) is 0 Å². The predicted octanol–water partition coefficient (Wildman–Crippen LogP) is 4.64. The van der Waals surface area contributed by atoms with Gasteiger partial charge in [0.1, 0.15) is 0 Å². The summed E-state index contributed by atoms with van der Waals surface area (Å²) in [7, 11) is -2.61. The van der Waals surface area contributed by atoms with E-state index in [2.05, 4.69) is 91.0 Å². The molecule has 152 valence electrons. The van der Waals surface area contributed by atoms with Crippen LogP contribution >= 0.6 is 0 Å². The van der Waals surface area contributed by atoms with Gasteiger partial charge in [0.2, 0.25) is 0 Å². The van der Waals surface area contributed by atoms with E-state index in [1.807, 2.05) is 0 Å². The molecular formula is C28H30OSi. The van der Waals surface area contributed by atoms with Crippen LogP contribution in [0.3, 0.4) is 0 Å². The molecule has 0 atom stereocenters. The van der Waals surface area contributed by atoms with Gasteiger partial charge in [-0.25, -0.2) is 0 Å². The molecule has 0 N–H and O–H groups in total. The summed E-state index contributed by atoms with van der Waals surface area (Å²) in [6, 6.07) is 33.4. The average Bonchev–Trinajstić information content (AvgIpc) is 2.78. The summed E-state index contributed by atoms with van der Waals surface area (Å²) in [5.74, 6) is 2.64. The van der Waals surface area contributed by atoms with Crippen LogP contribution in [0.1, 0.15) is 38.5 Å². The van der Waals surface area contributed by atoms with Gasteiger partial charge in [-0.15, -0.1) is 0 Å². The van der Waals surface area contributed by atoms with Crippen molar-refractivity contribution in [3.63, 3.8) is 0 Å². The van der Waals surface area contributed by atoms with E-state index in [0.29, 0.717) is 0 Å². The van der Waals surface area contributed by atoms with E-state index in [0.717, 1.165) is 17.8 Å². The van der Waals surface area contributed by atoms with E-state index >= 15 is 0 Å². The van der Waals surface area contributed by atoms with Gasteiger partial charge in [0.25, 0.3) is 8.32 Å². The highest BCUT2D eigenvalue weighted by atomic mass is 28.4. The topological polar surface area (TPSA) is 9.23 Å². The van der Waals surface area contributed by atoms with Crippen LogP contribution in [-0.2, 0) is 4.43 Å². The summed E-state index contributed by atoms with van der Waals surface area (Å²) >= 11 is 0. The van der Waals surface area contributed by atoms with Gasteiger partial charge in [-0.3, -0.25) is 0 Å². The van der Waals surface area contributed by atoms with Crippen LogP contribution in [0.4, 0.5) is 0 Å². The zero-order valence-corrected chi connectivity index (χ0v) is 18.5. The lowest BCUT2D eigenvalue weighted by molar-refractivity contribution is -0.110. The van der Waals surface area contributed by atoms with Gasteiger partial charge in [-0.1, -0.05) is 91.0 Å². The number of hydrogen-bond acceptors (Lipinski definition) is 1. The highest BCUT2D eigenvalue weighted by Crippen LogP contribution is 2.57. The first-order valence-corrected chi connectivity index (χ1v) is 13.5. The zero-order chi connectivity index (χ0) is 20.0. The molecule has 1 nitrogen and oxygen atoms in total. The fourth-order valence-corrected chi connectivity index (χ4v) is 11.4.